The zero-order chi connectivity index (χ0) is 12.1. The molecule has 1 rings (SSSR count). The van der Waals surface area contributed by atoms with Crippen LogP contribution in [0.25, 0.3) is 0 Å². The minimum atomic E-state index is -0.365. The third-order valence-electron chi connectivity index (χ3n) is 2.20. The largest absolute Gasteiger partial charge is 0.329 e. The van der Waals surface area contributed by atoms with E-state index in [4.69, 9.17) is 5.73 Å². The predicted molar refractivity (Wildman–Crippen MR) is 66.2 cm³/mol. The molecule has 16 heavy (non-hydrogen) atoms. The lowest BCUT2D eigenvalue weighted by atomic mass is 10.1. The van der Waals surface area contributed by atoms with Gasteiger partial charge in [-0.3, -0.25) is 10.1 Å². The van der Waals surface area contributed by atoms with Gasteiger partial charge in [-0.15, -0.1) is 0 Å². The van der Waals surface area contributed by atoms with Crippen molar-refractivity contribution in [3.05, 3.63) is 38.3 Å². The third kappa shape index (κ3) is 3.55. The van der Waals surface area contributed by atoms with Crippen LogP contribution in [0.4, 0.5) is 5.69 Å². The second-order valence-corrected chi connectivity index (χ2v) is 4.47. The third-order valence-corrected chi connectivity index (χ3v) is 2.69. The quantitative estimate of drug-likeness (QED) is 0.661. The topological polar surface area (TPSA) is 72.4 Å². The van der Waals surface area contributed by atoms with Gasteiger partial charge >= 0.3 is 0 Å². The van der Waals surface area contributed by atoms with Crippen LogP contribution in [0.15, 0.2) is 22.7 Å². The van der Waals surface area contributed by atoms with Crippen molar-refractivity contribution in [2.75, 3.05) is 20.1 Å². The summed E-state index contributed by atoms with van der Waals surface area (Å²) in [6.07, 6.45) is 0. The lowest BCUT2D eigenvalue weighted by Gasteiger charge is -2.15. The number of nitrogens with zero attached hydrogens (tertiary/aromatic N) is 2. The Balaban J connectivity index is 2.90. The van der Waals surface area contributed by atoms with Crippen molar-refractivity contribution in [1.29, 1.82) is 0 Å². The highest BCUT2D eigenvalue weighted by atomic mass is 79.9. The summed E-state index contributed by atoms with van der Waals surface area (Å²) >= 11 is 3.22. The summed E-state index contributed by atoms with van der Waals surface area (Å²) in [6.45, 7) is 1.79. The Hall–Kier alpha value is -0.980. The highest BCUT2D eigenvalue weighted by molar-refractivity contribution is 9.10. The molecule has 0 spiro atoms. The summed E-state index contributed by atoms with van der Waals surface area (Å²) in [4.78, 5) is 12.4. The van der Waals surface area contributed by atoms with E-state index in [0.717, 1.165) is 0 Å². The molecule has 0 aliphatic carbocycles. The molecule has 0 amide bonds. The Morgan fingerprint density at radius 3 is 2.81 bits per heavy atom. The van der Waals surface area contributed by atoms with Crippen LogP contribution >= 0.6 is 15.9 Å². The number of nitro benzene ring substituents is 1. The van der Waals surface area contributed by atoms with Gasteiger partial charge in [0.05, 0.1) is 4.92 Å². The molecule has 0 bridgehead atoms. The Bertz CT molecular complexity index is 384. The molecule has 0 saturated heterocycles. The summed E-state index contributed by atoms with van der Waals surface area (Å²) in [5, 5.41) is 10.9. The van der Waals surface area contributed by atoms with Crippen molar-refractivity contribution in [3.63, 3.8) is 0 Å². The number of benzene rings is 1. The molecule has 0 unspecified atom stereocenters. The number of hydrogen-bond donors (Lipinski definition) is 1. The lowest BCUT2D eigenvalue weighted by Crippen LogP contribution is -2.25. The van der Waals surface area contributed by atoms with Gasteiger partial charge in [-0.05, 0) is 19.2 Å². The van der Waals surface area contributed by atoms with Crippen LogP contribution < -0.4 is 5.73 Å². The van der Waals surface area contributed by atoms with E-state index < -0.39 is 0 Å². The average Bonchev–Trinajstić information content (AvgIpc) is 2.20. The van der Waals surface area contributed by atoms with E-state index in [0.29, 0.717) is 29.7 Å². The van der Waals surface area contributed by atoms with Crippen LogP contribution in [-0.2, 0) is 6.54 Å². The number of nitrogens with two attached hydrogens (primary N) is 1. The number of hydrogen-bond acceptors (Lipinski definition) is 4. The molecule has 0 fully saturated rings. The van der Waals surface area contributed by atoms with E-state index in [9.17, 15) is 10.1 Å². The van der Waals surface area contributed by atoms with Gasteiger partial charge in [0, 0.05) is 35.7 Å². The molecule has 1 aromatic rings. The van der Waals surface area contributed by atoms with E-state index in [1.165, 1.54) is 6.07 Å². The van der Waals surface area contributed by atoms with E-state index in [1.807, 2.05) is 11.9 Å². The van der Waals surface area contributed by atoms with Crippen LogP contribution in [-0.4, -0.2) is 30.0 Å². The van der Waals surface area contributed by atoms with Gasteiger partial charge in [0.1, 0.15) is 0 Å². The van der Waals surface area contributed by atoms with Crippen molar-refractivity contribution in [2.45, 2.75) is 6.54 Å². The van der Waals surface area contributed by atoms with Crippen molar-refractivity contribution < 1.29 is 4.92 Å². The monoisotopic (exact) mass is 287 g/mol. The Morgan fingerprint density at radius 1 is 1.56 bits per heavy atom. The number of nitro groups is 1. The van der Waals surface area contributed by atoms with Crippen molar-refractivity contribution in [1.82, 2.24) is 4.90 Å². The first-order valence-corrected chi connectivity index (χ1v) is 5.65. The van der Waals surface area contributed by atoms with Crippen LogP contribution in [0.3, 0.4) is 0 Å². The van der Waals surface area contributed by atoms with Crippen molar-refractivity contribution in [2.24, 2.45) is 5.73 Å². The molecule has 0 aliphatic rings. The SMILES string of the molecule is CN(CCN)Cc1ccc(Br)cc1[N+](=O)[O-]. The average molecular weight is 288 g/mol. The van der Waals surface area contributed by atoms with Crippen molar-refractivity contribution in [3.8, 4) is 0 Å². The first kappa shape index (κ1) is 13.1. The first-order valence-electron chi connectivity index (χ1n) is 4.86. The summed E-state index contributed by atoms with van der Waals surface area (Å²) in [5.41, 5.74) is 6.26. The zero-order valence-electron chi connectivity index (χ0n) is 9.02. The molecule has 0 atom stereocenters. The van der Waals surface area contributed by atoms with Gasteiger partial charge in [0.15, 0.2) is 0 Å². The smallest absolute Gasteiger partial charge is 0.275 e. The molecule has 0 aromatic heterocycles. The lowest BCUT2D eigenvalue weighted by molar-refractivity contribution is -0.385. The fourth-order valence-corrected chi connectivity index (χ4v) is 1.78. The first-order chi connectivity index (χ1) is 7.54. The molecule has 0 aliphatic heterocycles. The summed E-state index contributed by atoms with van der Waals surface area (Å²) in [7, 11) is 1.89. The number of likely N-dealkylation sites (N-methyl/N-ethyl adjacent to an activating group) is 1. The van der Waals surface area contributed by atoms with Crippen LogP contribution in [0.5, 0.6) is 0 Å². The van der Waals surface area contributed by atoms with Gasteiger partial charge in [0.25, 0.3) is 5.69 Å². The van der Waals surface area contributed by atoms with Gasteiger partial charge in [-0.25, -0.2) is 0 Å². The Morgan fingerprint density at radius 2 is 2.25 bits per heavy atom. The fourth-order valence-electron chi connectivity index (χ4n) is 1.43. The summed E-state index contributed by atoms with van der Waals surface area (Å²) < 4.78 is 0.712. The van der Waals surface area contributed by atoms with Gasteiger partial charge < -0.3 is 10.6 Å². The summed E-state index contributed by atoms with van der Waals surface area (Å²) in [6, 6.07) is 5.08. The maximum Gasteiger partial charge on any atom is 0.275 e. The standard InChI is InChI=1S/C10H14BrN3O2/c1-13(5-4-12)7-8-2-3-9(11)6-10(8)14(15)16/h2-3,6H,4-5,7,12H2,1H3. The molecule has 5 nitrogen and oxygen atoms in total. The van der Waals surface area contributed by atoms with E-state index in [2.05, 4.69) is 15.9 Å². The van der Waals surface area contributed by atoms with E-state index in [1.54, 1.807) is 12.1 Å². The number of rotatable bonds is 5. The molecule has 0 radical (unpaired) electrons. The molecule has 0 saturated carbocycles. The maximum atomic E-state index is 10.9. The highest BCUT2D eigenvalue weighted by Gasteiger charge is 2.15. The summed E-state index contributed by atoms with van der Waals surface area (Å²) in [5.74, 6) is 0. The fraction of sp³-hybridized carbons (Fsp3) is 0.400. The Kier molecular flexibility index (Phi) is 4.85. The molecular formula is C10H14BrN3O2. The second kappa shape index (κ2) is 5.93. The van der Waals surface area contributed by atoms with Crippen LogP contribution in [0.1, 0.15) is 5.56 Å². The van der Waals surface area contributed by atoms with Gasteiger partial charge in [-0.2, -0.15) is 0 Å². The van der Waals surface area contributed by atoms with Gasteiger partial charge in [0.2, 0.25) is 0 Å². The van der Waals surface area contributed by atoms with E-state index >= 15 is 0 Å². The van der Waals surface area contributed by atoms with Crippen LogP contribution in [0, 0.1) is 10.1 Å². The molecular weight excluding hydrogens is 274 g/mol. The predicted octanol–water partition coefficient (Wildman–Crippen LogP) is 1.75. The van der Waals surface area contributed by atoms with E-state index in [-0.39, 0.29) is 10.6 Å². The maximum absolute atomic E-state index is 10.9. The minimum absolute atomic E-state index is 0.137. The second-order valence-electron chi connectivity index (χ2n) is 3.56. The number of halogens is 1. The molecule has 0 heterocycles. The van der Waals surface area contributed by atoms with Crippen molar-refractivity contribution >= 4 is 21.6 Å². The minimum Gasteiger partial charge on any atom is -0.329 e. The molecule has 6 heteroatoms. The molecule has 1 aromatic carbocycles. The molecule has 88 valence electrons. The normalized spacial score (nSPS) is 10.8. The molecule has 2 N–H and O–H groups in total. The van der Waals surface area contributed by atoms with Gasteiger partial charge in [-0.1, -0.05) is 15.9 Å². The van der Waals surface area contributed by atoms with Crippen LogP contribution in [0.2, 0.25) is 0 Å². The Labute approximate surface area is 103 Å². The highest BCUT2D eigenvalue weighted by Crippen LogP contribution is 2.24. The zero-order valence-corrected chi connectivity index (χ0v) is 10.6.